The predicted molar refractivity (Wildman–Crippen MR) is 97.3 cm³/mol. The first kappa shape index (κ1) is 16.6. The van der Waals surface area contributed by atoms with Crippen molar-refractivity contribution in [1.29, 1.82) is 0 Å². The zero-order valence-electron chi connectivity index (χ0n) is 13.9. The molecule has 0 saturated heterocycles. The smallest absolute Gasteiger partial charge is 0.206 e. The van der Waals surface area contributed by atoms with Gasteiger partial charge in [0.15, 0.2) is 0 Å². The molecule has 3 aromatic rings. The second-order valence-corrected chi connectivity index (χ2v) is 5.53. The standard InChI is InChI=1S/C21H18N2O2/c1-16-21(23-14-13-22-16)20(24)12-9-17-7-10-19(11-8-17)25-15-18-5-3-2-4-6-18/h2-14H,15H2,1H3/b12-9+. The Kier molecular flexibility index (Phi) is 5.32. The van der Waals surface area contributed by atoms with Gasteiger partial charge in [0, 0.05) is 12.4 Å². The first-order chi connectivity index (χ1) is 12.2. The number of carbonyl (C=O) groups excluding carboxylic acids is 1. The highest BCUT2D eigenvalue weighted by Gasteiger charge is 2.07. The molecule has 0 radical (unpaired) electrons. The SMILES string of the molecule is Cc1nccnc1C(=O)/C=C/c1ccc(OCc2ccccc2)cc1. The number of rotatable bonds is 6. The summed E-state index contributed by atoms with van der Waals surface area (Å²) in [6.45, 7) is 2.30. The van der Waals surface area contributed by atoms with Crippen molar-refractivity contribution >= 4 is 11.9 Å². The van der Waals surface area contributed by atoms with E-state index in [2.05, 4.69) is 9.97 Å². The molecule has 0 bridgehead atoms. The Bertz CT molecular complexity index is 872. The van der Waals surface area contributed by atoms with E-state index in [0.29, 0.717) is 18.0 Å². The Morgan fingerprint density at radius 3 is 2.44 bits per heavy atom. The van der Waals surface area contributed by atoms with Crippen LogP contribution in [-0.2, 0) is 6.61 Å². The second-order valence-electron chi connectivity index (χ2n) is 5.53. The van der Waals surface area contributed by atoms with E-state index in [1.54, 1.807) is 19.2 Å². The zero-order chi connectivity index (χ0) is 17.5. The number of hydrogen-bond donors (Lipinski definition) is 0. The summed E-state index contributed by atoms with van der Waals surface area (Å²) in [7, 11) is 0. The number of aryl methyl sites for hydroxylation is 1. The normalized spacial score (nSPS) is 10.8. The molecule has 0 aliphatic carbocycles. The van der Waals surface area contributed by atoms with Crippen LogP contribution in [0.3, 0.4) is 0 Å². The molecule has 3 rings (SSSR count). The fraction of sp³-hybridized carbons (Fsp3) is 0.0952. The van der Waals surface area contributed by atoms with E-state index in [0.717, 1.165) is 16.9 Å². The van der Waals surface area contributed by atoms with Crippen molar-refractivity contribution in [3.63, 3.8) is 0 Å². The first-order valence-electron chi connectivity index (χ1n) is 7.99. The molecule has 0 spiro atoms. The molecule has 4 nitrogen and oxygen atoms in total. The van der Waals surface area contributed by atoms with Gasteiger partial charge in [-0.1, -0.05) is 48.5 Å². The Hall–Kier alpha value is -3.27. The number of allylic oxidation sites excluding steroid dienone is 1. The van der Waals surface area contributed by atoms with E-state index in [4.69, 9.17) is 4.74 Å². The summed E-state index contributed by atoms with van der Waals surface area (Å²) in [5.74, 6) is 0.632. The molecule has 4 heteroatoms. The lowest BCUT2D eigenvalue weighted by Gasteiger charge is -2.06. The molecule has 2 aromatic carbocycles. The molecular formula is C21H18N2O2. The third kappa shape index (κ3) is 4.61. The van der Waals surface area contributed by atoms with Crippen molar-refractivity contribution in [2.24, 2.45) is 0 Å². The van der Waals surface area contributed by atoms with Crippen molar-refractivity contribution in [3.8, 4) is 5.75 Å². The van der Waals surface area contributed by atoms with Gasteiger partial charge in [-0.3, -0.25) is 9.78 Å². The maximum atomic E-state index is 12.2. The molecule has 1 aromatic heterocycles. The van der Waals surface area contributed by atoms with Gasteiger partial charge in [-0.15, -0.1) is 0 Å². The summed E-state index contributed by atoms with van der Waals surface area (Å²) in [4.78, 5) is 20.3. The number of carbonyl (C=O) groups is 1. The summed E-state index contributed by atoms with van der Waals surface area (Å²) in [6.07, 6.45) is 6.37. The maximum Gasteiger partial charge on any atom is 0.206 e. The first-order valence-corrected chi connectivity index (χ1v) is 7.99. The van der Waals surface area contributed by atoms with Crippen molar-refractivity contribution in [1.82, 2.24) is 9.97 Å². The summed E-state index contributed by atoms with van der Waals surface area (Å²) in [6, 6.07) is 17.6. The Morgan fingerprint density at radius 2 is 1.72 bits per heavy atom. The molecule has 25 heavy (non-hydrogen) atoms. The van der Waals surface area contributed by atoms with Crippen LogP contribution in [0.4, 0.5) is 0 Å². The van der Waals surface area contributed by atoms with Gasteiger partial charge in [-0.2, -0.15) is 0 Å². The fourth-order valence-corrected chi connectivity index (χ4v) is 2.32. The molecule has 0 amide bonds. The minimum Gasteiger partial charge on any atom is -0.489 e. The van der Waals surface area contributed by atoms with Crippen LogP contribution in [0.15, 0.2) is 73.1 Å². The van der Waals surface area contributed by atoms with E-state index in [1.807, 2.05) is 54.6 Å². The van der Waals surface area contributed by atoms with Gasteiger partial charge in [0.25, 0.3) is 0 Å². The molecule has 0 unspecified atom stereocenters. The van der Waals surface area contributed by atoms with Gasteiger partial charge in [0.05, 0.1) is 5.69 Å². The zero-order valence-corrected chi connectivity index (χ0v) is 13.9. The molecule has 0 aliphatic heterocycles. The molecular weight excluding hydrogens is 312 g/mol. The summed E-state index contributed by atoms with van der Waals surface area (Å²) in [5, 5.41) is 0. The Balaban J connectivity index is 1.60. The highest BCUT2D eigenvalue weighted by atomic mass is 16.5. The largest absolute Gasteiger partial charge is 0.489 e. The summed E-state index contributed by atoms with van der Waals surface area (Å²) < 4.78 is 5.75. The minimum atomic E-state index is -0.157. The van der Waals surface area contributed by atoms with E-state index in [9.17, 15) is 4.79 Å². The molecule has 124 valence electrons. The number of benzene rings is 2. The predicted octanol–water partition coefficient (Wildman–Crippen LogP) is 4.26. The van der Waals surface area contributed by atoms with Crippen molar-refractivity contribution in [2.45, 2.75) is 13.5 Å². The molecule has 0 saturated carbocycles. The van der Waals surface area contributed by atoms with Crippen LogP contribution in [-0.4, -0.2) is 15.8 Å². The van der Waals surface area contributed by atoms with Crippen LogP contribution >= 0.6 is 0 Å². The second kappa shape index (κ2) is 8.02. The van der Waals surface area contributed by atoms with Gasteiger partial charge < -0.3 is 4.74 Å². The van der Waals surface area contributed by atoms with E-state index >= 15 is 0 Å². The highest BCUT2D eigenvalue weighted by Crippen LogP contribution is 2.15. The summed E-state index contributed by atoms with van der Waals surface area (Å²) >= 11 is 0. The average molecular weight is 330 g/mol. The average Bonchev–Trinajstić information content (AvgIpc) is 2.66. The van der Waals surface area contributed by atoms with Gasteiger partial charge in [-0.25, -0.2) is 4.98 Å². The minimum absolute atomic E-state index is 0.157. The summed E-state index contributed by atoms with van der Waals surface area (Å²) in [5.41, 5.74) is 3.04. The lowest BCUT2D eigenvalue weighted by Crippen LogP contribution is -2.02. The van der Waals surface area contributed by atoms with Crippen molar-refractivity contribution in [2.75, 3.05) is 0 Å². The number of ether oxygens (including phenoxy) is 1. The fourth-order valence-electron chi connectivity index (χ4n) is 2.32. The number of nitrogens with zero attached hydrogens (tertiary/aromatic N) is 2. The maximum absolute atomic E-state index is 12.2. The highest BCUT2D eigenvalue weighted by molar-refractivity contribution is 6.06. The number of aromatic nitrogens is 2. The van der Waals surface area contributed by atoms with Gasteiger partial charge in [0.1, 0.15) is 18.1 Å². The van der Waals surface area contributed by atoms with Crippen LogP contribution in [0.5, 0.6) is 5.75 Å². The van der Waals surface area contributed by atoms with Gasteiger partial charge in [0.2, 0.25) is 5.78 Å². The Labute approximate surface area is 146 Å². The number of ketones is 1. The topological polar surface area (TPSA) is 52.1 Å². The number of hydrogen-bond acceptors (Lipinski definition) is 4. The van der Waals surface area contributed by atoms with Gasteiger partial charge in [-0.05, 0) is 36.3 Å². The quantitative estimate of drug-likeness (QED) is 0.500. The third-order valence-corrected chi connectivity index (χ3v) is 3.67. The van der Waals surface area contributed by atoms with Crippen molar-refractivity contribution < 1.29 is 9.53 Å². The van der Waals surface area contributed by atoms with Crippen LogP contribution in [0.1, 0.15) is 27.3 Å². The van der Waals surface area contributed by atoms with Crippen LogP contribution in [0.25, 0.3) is 6.08 Å². The molecule has 0 fully saturated rings. The van der Waals surface area contributed by atoms with Crippen LogP contribution < -0.4 is 4.74 Å². The van der Waals surface area contributed by atoms with Crippen molar-refractivity contribution in [3.05, 3.63) is 95.6 Å². The third-order valence-electron chi connectivity index (χ3n) is 3.67. The van der Waals surface area contributed by atoms with Gasteiger partial charge >= 0.3 is 0 Å². The van der Waals surface area contributed by atoms with Crippen LogP contribution in [0.2, 0.25) is 0 Å². The molecule has 0 aliphatic rings. The monoisotopic (exact) mass is 330 g/mol. The lowest BCUT2D eigenvalue weighted by molar-refractivity contribution is 0.104. The van der Waals surface area contributed by atoms with E-state index in [-0.39, 0.29) is 5.78 Å². The Morgan fingerprint density at radius 1 is 1.00 bits per heavy atom. The molecule has 0 N–H and O–H groups in total. The molecule has 1 heterocycles. The lowest BCUT2D eigenvalue weighted by atomic mass is 10.1. The van der Waals surface area contributed by atoms with E-state index in [1.165, 1.54) is 12.3 Å². The van der Waals surface area contributed by atoms with E-state index < -0.39 is 0 Å². The molecule has 0 atom stereocenters. The van der Waals surface area contributed by atoms with Crippen LogP contribution in [0, 0.1) is 6.92 Å².